The minimum Gasteiger partial charge on any atom is -0.478 e. The molecule has 1 heterocycles. The molecule has 5 heteroatoms. The number of carboxylic acid groups (broad SMARTS) is 1. The van der Waals surface area contributed by atoms with Crippen molar-refractivity contribution in [3.8, 4) is 0 Å². The number of hydrogen-bond acceptors (Lipinski definition) is 4. The van der Waals surface area contributed by atoms with Crippen molar-refractivity contribution in [2.75, 3.05) is 11.9 Å². The SMILES string of the molecule is C=C(C)CNc1nnc(CC)c(CC)c1C(=O)O. The third-order valence-electron chi connectivity index (χ3n) is 2.62. The molecule has 1 aromatic heterocycles. The zero-order chi connectivity index (χ0) is 13.7. The highest BCUT2D eigenvalue weighted by molar-refractivity contribution is 5.95. The van der Waals surface area contributed by atoms with Crippen LogP contribution in [0.15, 0.2) is 12.2 Å². The first-order chi connectivity index (χ1) is 8.51. The Balaban J connectivity index is 3.25. The van der Waals surface area contributed by atoms with E-state index in [4.69, 9.17) is 0 Å². The second-order valence-corrected chi connectivity index (χ2v) is 4.17. The topological polar surface area (TPSA) is 75.1 Å². The summed E-state index contributed by atoms with van der Waals surface area (Å²) in [4.78, 5) is 11.4. The molecule has 0 bridgehead atoms. The van der Waals surface area contributed by atoms with Crippen molar-refractivity contribution in [2.24, 2.45) is 0 Å². The van der Waals surface area contributed by atoms with E-state index in [-0.39, 0.29) is 5.56 Å². The second-order valence-electron chi connectivity index (χ2n) is 4.17. The maximum absolute atomic E-state index is 11.4. The Labute approximate surface area is 107 Å². The van der Waals surface area contributed by atoms with Gasteiger partial charge in [0.25, 0.3) is 0 Å². The summed E-state index contributed by atoms with van der Waals surface area (Å²) in [6.45, 7) is 9.98. The number of anilines is 1. The molecule has 18 heavy (non-hydrogen) atoms. The Kier molecular flexibility index (Phi) is 4.83. The number of aromatic carboxylic acids is 1. The van der Waals surface area contributed by atoms with Gasteiger partial charge in [0.1, 0.15) is 5.56 Å². The van der Waals surface area contributed by atoms with Gasteiger partial charge in [-0.1, -0.05) is 26.0 Å². The van der Waals surface area contributed by atoms with Crippen LogP contribution in [-0.4, -0.2) is 27.8 Å². The van der Waals surface area contributed by atoms with Crippen LogP contribution in [0.4, 0.5) is 5.82 Å². The third-order valence-corrected chi connectivity index (χ3v) is 2.62. The van der Waals surface area contributed by atoms with Gasteiger partial charge < -0.3 is 10.4 Å². The summed E-state index contributed by atoms with van der Waals surface area (Å²) in [6.07, 6.45) is 1.30. The molecule has 0 atom stereocenters. The molecule has 0 aliphatic heterocycles. The Hall–Kier alpha value is -1.91. The van der Waals surface area contributed by atoms with E-state index in [1.807, 2.05) is 20.8 Å². The van der Waals surface area contributed by atoms with Gasteiger partial charge in [0.05, 0.1) is 5.69 Å². The van der Waals surface area contributed by atoms with Crippen LogP contribution in [0.5, 0.6) is 0 Å². The van der Waals surface area contributed by atoms with Gasteiger partial charge in [0.15, 0.2) is 5.82 Å². The Bertz CT molecular complexity index is 470. The van der Waals surface area contributed by atoms with Crippen LogP contribution in [0.25, 0.3) is 0 Å². The average molecular weight is 249 g/mol. The number of carboxylic acids is 1. The summed E-state index contributed by atoms with van der Waals surface area (Å²) >= 11 is 0. The fourth-order valence-electron chi connectivity index (χ4n) is 1.76. The van der Waals surface area contributed by atoms with E-state index in [2.05, 4.69) is 22.1 Å². The molecule has 98 valence electrons. The summed E-state index contributed by atoms with van der Waals surface area (Å²) in [7, 11) is 0. The summed E-state index contributed by atoms with van der Waals surface area (Å²) in [5, 5.41) is 20.4. The van der Waals surface area contributed by atoms with E-state index in [0.29, 0.717) is 25.2 Å². The predicted molar refractivity (Wildman–Crippen MR) is 71.1 cm³/mol. The first kappa shape index (κ1) is 14.2. The second kappa shape index (κ2) is 6.14. The van der Waals surface area contributed by atoms with Gasteiger partial charge >= 0.3 is 5.97 Å². The van der Waals surface area contributed by atoms with Crippen molar-refractivity contribution >= 4 is 11.8 Å². The minimum atomic E-state index is -0.972. The summed E-state index contributed by atoms with van der Waals surface area (Å²) in [6, 6.07) is 0. The van der Waals surface area contributed by atoms with Crippen LogP contribution < -0.4 is 5.32 Å². The maximum Gasteiger partial charge on any atom is 0.339 e. The minimum absolute atomic E-state index is 0.227. The number of nitrogens with zero attached hydrogens (tertiary/aromatic N) is 2. The number of rotatable bonds is 6. The highest BCUT2D eigenvalue weighted by atomic mass is 16.4. The summed E-state index contributed by atoms with van der Waals surface area (Å²) in [5.74, 6) is -0.653. The van der Waals surface area contributed by atoms with Crippen molar-refractivity contribution in [2.45, 2.75) is 33.6 Å². The van der Waals surface area contributed by atoms with E-state index in [0.717, 1.165) is 16.8 Å². The Morgan fingerprint density at radius 3 is 2.44 bits per heavy atom. The molecule has 1 rings (SSSR count). The lowest BCUT2D eigenvalue weighted by molar-refractivity contribution is 0.0696. The van der Waals surface area contributed by atoms with Crippen LogP contribution in [0.1, 0.15) is 42.4 Å². The predicted octanol–water partition coefficient (Wildman–Crippen LogP) is 2.29. The van der Waals surface area contributed by atoms with Gasteiger partial charge in [0.2, 0.25) is 0 Å². The number of hydrogen-bond donors (Lipinski definition) is 2. The van der Waals surface area contributed by atoms with Crippen molar-refractivity contribution < 1.29 is 9.90 Å². The molecule has 0 spiro atoms. The summed E-state index contributed by atoms with van der Waals surface area (Å²) in [5.41, 5.74) is 2.64. The molecule has 0 aromatic carbocycles. The van der Waals surface area contributed by atoms with E-state index in [1.54, 1.807) is 0 Å². The monoisotopic (exact) mass is 249 g/mol. The standard InChI is InChI=1S/C13H19N3O2/c1-5-9-10(6-2)15-16-12(11(9)13(17)18)14-7-8(3)4/h3,5-7H2,1-2,4H3,(H,14,16)(H,17,18). The van der Waals surface area contributed by atoms with E-state index < -0.39 is 5.97 Å². The van der Waals surface area contributed by atoms with Gasteiger partial charge in [-0.2, -0.15) is 5.10 Å². The van der Waals surface area contributed by atoms with Crippen LogP contribution >= 0.6 is 0 Å². The van der Waals surface area contributed by atoms with Gasteiger partial charge in [-0.25, -0.2) is 4.79 Å². The zero-order valence-electron chi connectivity index (χ0n) is 11.1. The molecule has 2 N–H and O–H groups in total. The number of carbonyl (C=O) groups is 1. The average Bonchev–Trinajstić information content (AvgIpc) is 2.34. The molecule has 1 aromatic rings. The third kappa shape index (κ3) is 3.06. The van der Waals surface area contributed by atoms with Gasteiger partial charge in [0, 0.05) is 6.54 Å². The van der Waals surface area contributed by atoms with Gasteiger partial charge in [-0.15, -0.1) is 5.10 Å². The molecule has 0 saturated carbocycles. The first-order valence-electron chi connectivity index (χ1n) is 6.01. The molecule has 5 nitrogen and oxygen atoms in total. The molecule has 0 aliphatic carbocycles. The summed E-state index contributed by atoms with van der Waals surface area (Å²) < 4.78 is 0. The van der Waals surface area contributed by atoms with Crippen molar-refractivity contribution in [3.63, 3.8) is 0 Å². The van der Waals surface area contributed by atoms with Crippen molar-refractivity contribution in [1.29, 1.82) is 0 Å². The molecule has 0 radical (unpaired) electrons. The van der Waals surface area contributed by atoms with Crippen LogP contribution in [0.2, 0.25) is 0 Å². The first-order valence-corrected chi connectivity index (χ1v) is 6.01. The Morgan fingerprint density at radius 1 is 1.33 bits per heavy atom. The maximum atomic E-state index is 11.4. The molecule has 0 amide bonds. The van der Waals surface area contributed by atoms with Gasteiger partial charge in [-0.05, 0) is 25.3 Å². The van der Waals surface area contributed by atoms with E-state index in [9.17, 15) is 9.90 Å². The molecule has 0 aliphatic rings. The van der Waals surface area contributed by atoms with Gasteiger partial charge in [-0.3, -0.25) is 0 Å². The fraction of sp³-hybridized carbons (Fsp3) is 0.462. The Morgan fingerprint density at radius 2 is 2.00 bits per heavy atom. The number of aromatic nitrogens is 2. The van der Waals surface area contributed by atoms with Crippen molar-refractivity contribution in [3.05, 3.63) is 29.0 Å². The lowest BCUT2D eigenvalue weighted by atomic mass is 10.0. The lowest BCUT2D eigenvalue weighted by Crippen LogP contribution is -2.16. The normalized spacial score (nSPS) is 10.2. The van der Waals surface area contributed by atoms with Crippen LogP contribution in [0, 0.1) is 0 Å². The van der Waals surface area contributed by atoms with Crippen LogP contribution in [-0.2, 0) is 12.8 Å². The lowest BCUT2D eigenvalue weighted by Gasteiger charge is -2.13. The molecule has 0 unspecified atom stereocenters. The molecular weight excluding hydrogens is 230 g/mol. The highest BCUT2D eigenvalue weighted by Crippen LogP contribution is 2.21. The number of aryl methyl sites for hydroxylation is 1. The zero-order valence-corrected chi connectivity index (χ0v) is 11.1. The van der Waals surface area contributed by atoms with Crippen LogP contribution in [0.3, 0.4) is 0 Å². The largest absolute Gasteiger partial charge is 0.478 e. The van der Waals surface area contributed by atoms with E-state index in [1.165, 1.54) is 0 Å². The molecular formula is C13H19N3O2. The quantitative estimate of drug-likeness (QED) is 0.756. The van der Waals surface area contributed by atoms with E-state index >= 15 is 0 Å². The molecule has 0 saturated heterocycles. The molecule has 0 fully saturated rings. The fourth-order valence-corrected chi connectivity index (χ4v) is 1.76. The smallest absolute Gasteiger partial charge is 0.339 e. The van der Waals surface area contributed by atoms with Crippen molar-refractivity contribution in [1.82, 2.24) is 10.2 Å². The number of nitrogens with one attached hydrogen (secondary N) is 1. The highest BCUT2D eigenvalue weighted by Gasteiger charge is 2.19.